The number of halogens is 1. The molecule has 0 radical (unpaired) electrons. The Bertz CT molecular complexity index is 929. The summed E-state index contributed by atoms with van der Waals surface area (Å²) in [5.41, 5.74) is 6.08. The van der Waals surface area contributed by atoms with Gasteiger partial charge in [-0.25, -0.2) is 0 Å². The summed E-state index contributed by atoms with van der Waals surface area (Å²) in [6.07, 6.45) is 4.63. The van der Waals surface area contributed by atoms with Crippen molar-refractivity contribution in [2.75, 3.05) is 6.54 Å². The monoisotopic (exact) mass is 401 g/mol. The van der Waals surface area contributed by atoms with Crippen LogP contribution in [0, 0.1) is 11.8 Å². The van der Waals surface area contributed by atoms with Crippen LogP contribution < -0.4 is 5.32 Å². The molecule has 0 saturated heterocycles. The van der Waals surface area contributed by atoms with E-state index in [1.165, 1.54) is 29.5 Å². The van der Waals surface area contributed by atoms with Gasteiger partial charge in [-0.2, -0.15) is 0 Å². The highest BCUT2D eigenvalue weighted by molar-refractivity contribution is 6.30. The summed E-state index contributed by atoms with van der Waals surface area (Å²) in [6, 6.07) is 25.2. The van der Waals surface area contributed by atoms with Gasteiger partial charge >= 0.3 is 0 Å². The fourth-order valence-corrected chi connectivity index (χ4v) is 3.23. The van der Waals surface area contributed by atoms with Gasteiger partial charge in [0, 0.05) is 22.7 Å². The topological polar surface area (TPSA) is 12.0 Å². The second-order valence-corrected chi connectivity index (χ2v) is 7.74. The van der Waals surface area contributed by atoms with Crippen LogP contribution in [-0.2, 0) is 19.4 Å². The molecule has 0 amide bonds. The first-order chi connectivity index (χ1) is 14.2. The summed E-state index contributed by atoms with van der Waals surface area (Å²) < 4.78 is 0. The molecule has 0 atom stereocenters. The highest BCUT2D eigenvalue weighted by Crippen LogP contribution is 2.10. The molecule has 3 rings (SSSR count). The lowest BCUT2D eigenvalue weighted by atomic mass is 10.1. The lowest BCUT2D eigenvalue weighted by Crippen LogP contribution is -2.16. The van der Waals surface area contributed by atoms with Crippen molar-refractivity contribution >= 4 is 11.6 Å². The highest BCUT2D eigenvalue weighted by atomic mass is 35.5. The number of unbranched alkanes of at least 4 members (excludes halogenated alkanes) is 1. The van der Waals surface area contributed by atoms with Crippen LogP contribution in [-0.4, -0.2) is 6.54 Å². The molecule has 0 fully saturated rings. The van der Waals surface area contributed by atoms with Gasteiger partial charge in [0.05, 0.1) is 0 Å². The molecule has 2 heteroatoms. The van der Waals surface area contributed by atoms with Crippen LogP contribution >= 0.6 is 11.6 Å². The Balaban J connectivity index is 1.45. The van der Waals surface area contributed by atoms with Crippen LogP contribution in [0.2, 0.25) is 5.02 Å². The van der Waals surface area contributed by atoms with Gasteiger partial charge in [0.1, 0.15) is 0 Å². The predicted octanol–water partition coefficient (Wildman–Crippen LogP) is 6.41. The second-order valence-electron chi connectivity index (χ2n) is 7.30. The van der Waals surface area contributed by atoms with Gasteiger partial charge in [0.25, 0.3) is 0 Å². The Morgan fingerprint density at radius 2 is 1.21 bits per heavy atom. The second kappa shape index (κ2) is 11.5. The van der Waals surface area contributed by atoms with Crippen molar-refractivity contribution in [2.24, 2.45) is 0 Å². The zero-order chi connectivity index (χ0) is 20.3. The normalized spacial score (nSPS) is 10.4. The first kappa shape index (κ1) is 21.2. The van der Waals surface area contributed by atoms with E-state index in [-0.39, 0.29) is 0 Å². The summed E-state index contributed by atoms with van der Waals surface area (Å²) in [4.78, 5) is 0. The van der Waals surface area contributed by atoms with Crippen molar-refractivity contribution in [3.8, 4) is 11.8 Å². The predicted molar refractivity (Wildman–Crippen MR) is 124 cm³/mol. The van der Waals surface area contributed by atoms with E-state index in [1.807, 2.05) is 12.1 Å². The molecule has 0 aromatic heterocycles. The van der Waals surface area contributed by atoms with Gasteiger partial charge in [-0.3, -0.25) is 0 Å². The summed E-state index contributed by atoms with van der Waals surface area (Å²) >= 11 is 5.92. The molecule has 29 heavy (non-hydrogen) atoms. The molecule has 0 spiro atoms. The van der Waals surface area contributed by atoms with Gasteiger partial charge in [-0.1, -0.05) is 73.2 Å². The molecule has 0 bridgehead atoms. The van der Waals surface area contributed by atoms with Gasteiger partial charge in [-0.15, -0.1) is 0 Å². The summed E-state index contributed by atoms with van der Waals surface area (Å²) in [5, 5.41) is 4.28. The maximum Gasteiger partial charge on any atom is 0.0406 e. The maximum atomic E-state index is 5.92. The molecular weight excluding hydrogens is 374 g/mol. The Morgan fingerprint density at radius 1 is 0.690 bits per heavy atom. The molecule has 3 aromatic rings. The standard InChI is InChI=1S/C27H28ClN/c1-2-3-4-22-5-7-23(8-6-22)9-10-24-11-13-26(14-12-24)21-29-20-19-25-15-17-27(28)18-16-25/h5-8,11-18,29H,2-4,19-21H2,1H3. The molecule has 3 aromatic carbocycles. The number of benzene rings is 3. The van der Waals surface area contributed by atoms with Gasteiger partial charge in [0.15, 0.2) is 0 Å². The van der Waals surface area contributed by atoms with E-state index >= 15 is 0 Å². The molecule has 0 heterocycles. The van der Waals surface area contributed by atoms with E-state index in [0.717, 1.165) is 42.1 Å². The SMILES string of the molecule is CCCCc1ccc(C#Cc2ccc(CNCCc3ccc(Cl)cc3)cc2)cc1. The quantitative estimate of drug-likeness (QED) is 0.339. The third-order valence-electron chi connectivity index (χ3n) is 4.91. The minimum Gasteiger partial charge on any atom is -0.312 e. The minimum absolute atomic E-state index is 0.786. The van der Waals surface area contributed by atoms with E-state index in [9.17, 15) is 0 Å². The summed E-state index contributed by atoms with van der Waals surface area (Å²) in [7, 11) is 0. The third kappa shape index (κ3) is 7.42. The average molecular weight is 402 g/mol. The smallest absolute Gasteiger partial charge is 0.0406 e. The maximum absolute atomic E-state index is 5.92. The Kier molecular flexibility index (Phi) is 8.38. The fourth-order valence-electron chi connectivity index (χ4n) is 3.10. The highest BCUT2D eigenvalue weighted by Gasteiger charge is 1.96. The first-order valence-corrected chi connectivity index (χ1v) is 10.8. The zero-order valence-electron chi connectivity index (χ0n) is 17.0. The van der Waals surface area contributed by atoms with Crippen molar-refractivity contribution in [2.45, 2.75) is 39.2 Å². The van der Waals surface area contributed by atoms with E-state index in [2.05, 4.69) is 84.7 Å². The molecule has 148 valence electrons. The number of rotatable bonds is 8. The summed E-state index contributed by atoms with van der Waals surface area (Å²) in [6.45, 7) is 4.03. The van der Waals surface area contributed by atoms with Crippen molar-refractivity contribution < 1.29 is 0 Å². The van der Waals surface area contributed by atoms with Crippen molar-refractivity contribution in [3.05, 3.63) is 106 Å². The van der Waals surface area contributed by atoms with E-state index in [4.69, 9.17) is 11.6 Å². The molecule has 0 saturated carbocycles. The Hall–Kier alpha value is -2.53. The number of hydrogen-bond donors (Lipinski definition) is 1. The van der Waals surface area contributed by atoms with Crippen LogP contribution in [0.4, 0.5) is 0 Å². The largest absolute Gasteiger partial charge is 0.312 e. The fraction of sp³-hybridized carbons (Fsp3) is 0.259. The molecular formula is C27H28ClN. The van der Waals surface area contributed by atoms with Crippen molar-refractivity contribution in [3.63, 3.8) is 0 Å². The van der Waals surface area contributed by atoms with E-state index in [1.54, 1.807) is 0 Å². The van der Waals surface area contributed by atoms with Gasteiger partial charge < -0.3 is 5.32 Å². The number of hydrogen-bond acceptors (Lipinski definition) is 1. The van der Waals surface area contributed by atoms with Crippen molar-refractivity contribution in [1.29, 1.82) is 0 Å². The molecule has 0 aliphatic carbocycles. The third-order valence-corrected chi connectivity index (χ3v) is 5.16. The lowest BCUT2D eigenvalue weighted by Gasteiger charge is -2.05. The molecule has 1 N–H and O–H groups in total. The minimum atomic E-state index is 0.786. The van der Waals surface area contributed by atoms with Crippen LogP contribution in [0.1, 0.15) is 47.6 Å². The van der Waals surface area contributed by atoms with Crippen LogP contribution in [0.15, 0.2) is 72.8 Å². The molecule has 0 aliphatic rings. The van der Waals surface area contributed by atoms with Gasteiger partial charge in [0.2, 0.25) is 0 Å². The van der Waals surface area contributed by atoms with Crippen LogP contribution in [0.5, 0.6) is 0 Å². The average Bonchev–Trinajstić information content (AvgIpc) is 2.76. The Labute approximate surface area is 180 Å². The summed E-state index contributed by atoms with van der Waals surface area (Å²) in [5.74, 6) is 6.53. The number of nitrogens with one attached hydrogen (secondary N) is 1. The number of aryl methyl sites for hydroxylation is 1. The lowest BCUT2D eigenvalue weighted by molar-refractivity contribution is 0.687. The molecule has 0 unspecified atom stereocenters. The van der Waals surface area contributed by atoms with Gasteiger partial charge in [-0.05, 0) is 78.9 Å². The van der Waals surface area contributed by atoms with E-state index in [0.29, 0.717) is 0 Å². The molecule has 1 nitrogen and oxygen atoms in total. The first-order valence-electron chi connectivity index (χ1n) is 10.4. The van der Waals surface area contributed by atoms with E-state index < -0.39 is 0 Å². The van der Waals surface area contributed by atoms with Crippen molar-refractivity contribution in [1.82, 2.24) is 5.32 Å². The van der Waals surface area contributed by atoms with Crippen LogP contribution in [0.25, 0.3) is 0 Å². The van der Waals surface area contributed by atoms with Crippen LogP contribution in [0.3, 0.4) is 0 Å². The Morgan fingerprint density at radius 3 is 1.79 bits per heavy atom. The molecule has 0 aliphatic heterocycles. The zero-order valence-corrected chi connectivity index (χ0v) is 17.8.